The summed E-state index contributed by atoms with van der Waals surface area (Å²) in [6.07, 6.45) is 1.00. The third kappa shape index (κ3) is 3.74. The van der Waals surface area contributed by atoms with E-state index in [1.54, 1.807) is 0 Å². The summed E-state index contributed by atoms with van der Waals surface area (Å²) in [6, 6.07) is 12.5. The van der Waals surface area contributed by atoms with Gasteiger partial charge in [-0.1, -0.05) is 46.6 Å². The number of halogens is 2. The number of anilines is 1. The Bertz CT molecular complexity index is 581. The predicted octanol–water partition coefficient (Wildman–Crippen LogP) is 5.59. The van der Waals surface area contributed by atoms with E-state index in [1.807, 2.05) is 13.0 Å². The lowest BCUT2D eigenvalue weighted by atomic mass is 10.1. The van der Waals surface area contributed by atoms with Crippen LogP contribution >= 0.6 is 27.5 Å². The first-order chi connectivity index (χ1) is 9.10. The number of rotatable bonds is 4. The molecule has 1 nitrogen and oxygen atoms in total. The minimum atomic E-state index is 0.744. The van der Waals surface area contributed by atoms with Crippen LogP contribution in [-0.2, 0) is 13.0 Å². The van der Waals surface area contributed by atoms with Crippen LogP contribution in [0.4, 0.5) is 5.69 Å². The lowest BCUT2D eigenvalue weighted by Gasteiger charge is -2.12. The number of aryl methyl sites for hydroxylation is 2. The van der Waals surface area contributed by atoms with Gasteiger partial charge in [0, 0.05) is 21.7 Å². The number of nitrogens with one attached hydrogen (secondary N) is 1. The fourth-order valence-electron chi connectivity index (χ4n) is 2.01. The van der Waals surface area contributed by atoms with E-state index in [9.17, 15) is 0 Å². The molecule has 0 radical (unpaired) electrons. The molecule has 0 aliphatic carbocycles. The van der Waals surface area contributed by atoms with Gasteiger partial charge in [0.05, 0.1) is 0 Å². The summed E-state index contributed by atoms with van der Waals surface area (Å²) in [4.78, 5) is 0. The van der Waals surface area contributed by atoms with Crippen LogP contribution in [0, 0.1) is 6.92 Å². The van der Waals surface area contributed by atoms with Crippen LogP contribution in [0.5, 0.6) is 0 Å². The monoisotopic (exact) mass is 337 g/mol. The van der Waals surface area contributed by atoms with Crippen molar-refractivity contribution in [1.29, 1.82) is 0 Å². The first kappa shape index (κ1) is 14.4. The largest absolute Gasteiger partial charge is 0.381 e. The highest BCUT2D eigenvalue weighted by Gasteiger charge is 2.04. The van der Waals surface area contributed by atoms with Crippen LogP contribution in [0.2, 0.25) is 5.02 Å². The summed E-state index contributed by atoms with van der Waals surface area (Å²) in [5, 5.41) is 4.28. The molecule has 0 saturated carbocycles. The summed E-state index contributed by atoms with van der Waals surface area (Å²) < 4.78 is 1.11. The summed E-state index contributed by atoms with van der Waals surface area (Å²) in [6.45, 7) is 4.95. The summed E-state index contributed by atoms with van der Waals surface area (Å²) in [7, 11) is 0. The van der Waals surface area contributed by atoms with Crippen molar-refractivity contribution in [3.8, 4) is 0 Å². The maximum absolute atomic E-state index is 6.25. The molecule has 1 N–H and O–H groups in total. The normalized spacial score (nSPS) is 10.5. The fraction of sp³-hybridized carbons (Fsp3) is 0.250. The average molecular weight is 339 g/mol. The number of hydrogen-bond donors (Lipinski definition) is 1. The molecule has 2 aromatic carbocycles. The average Bonchev–Trinajstić information content (AvgIpc) is 2.39. The molecule has 0 aromatic heterocycles. The van der Waals surface area contributed by atoms with Crippen LogP contribution in [-0.4, -0.2) is 0 Å². The molecule has 3 heteroatoms. The quantitative estimate of drug-likeness (QED) is 0.766. The van der Waals surface area contributed by atoms with Gasteiger partial charge in [0.25, 0.3) is 0 Å². The second kappa shape index (κ2) is 6.44. The Balaban J connectivity index is 2.14. The molecule has 0 fully saturated rings. The molecule has 19 heavy (non-hydrogen) atoms. The van der Waals surface area contributed by atoms with E-state index < -0.39 is 0 Å². The van der Waals surface area contributed by atoms with E-state index in [4.69, 9.17) is 11.6 Å². The van der Waals surface area contributed by atoms with Crippen molar-refractivity contribution >= 4 is 33.2 Å². The predicted molar refractivity (Wildman–Crippen MR) is 87.0 cm³/mol. The van der Waals surface area contributed by atoms with E-state index >= 15 is 0 Å². The van der Waals surface area contributed by atoms with Crippen molar-refractivity contribution in [2.45, 2.75) is 26.8 Å². The van der Waals surface area contributed by atoms with Gasteiger partial charge >= 0.3 is 0 Å². The Labute approximate surface area is 128 Å². The van der Waals surface area contributed by atoms with Crippen molar-refractivity contribution in [2.75, 3.05) is 5.32 Å². The Morgan fingerprint density at radius 3 is 2.58 bits per heavy atom. The SMILES string of the molecule is CCc1cc(Br)ccc1NCc1ccc(C)cc1Cl. The van der Waals surface area contributed by atoms with Gasteiger partial charge in [-0.3, -0.25) is 0 Å². The van der Waals surface area contributed by atoms with E-state index in [2.05, 4.69) is 58.5 Å². The molecule has 0 atom stereocenters. The van der Waals surface area contributed by atoms with Gasteiger partial charge in [0.15, 0.2) is 0 Å². The number of hydrogen-bond acceptors (Lipinski definition) is 1. The molecule has 0 amide bonds. The zero-order valence-corrected chi connectivity index (χ0v) is 13.5. The zero-order chi connectivity index (χ0) is 13.8. The standard InChI is InChI=1S/C16H17BrClN/c1-3-12-9-14(17)6-7-16(12)19-10-13-5-4-11(2)8-15(13)18/h4-9,19H,3,10H2,1-2H3. The highest BCUT2D eigenvalue weighted by atomic mass is 79.9. The molecule has 0 saturated heterocycles. The molecule has 0 unspecified atom stereocenters. The van der Waals surface area contributed by atoms with Gasteiger partial charge < -0.3 is 5.32 Å². The summed E-state index contributed by atoms with van der Waals surface area (Å²) in [5.41, 5.74) is 4.78. The molecular weight excluding hydrogens is 322 g/mol. The van der Waals surface area contributed by atoms with Gasteiger partial charge in [0.1, 0.15) is 0 Å². The minimum absolute atomic E-state index is 0.744. The lowest BCUT2D eigenvalue weighted by molar-refractivity contribution is 1.09. The van der Waals surface area contributed by atoms with Gasteiger partial charge in [-0.15, -0.1) is 0 Å². The molecule has 0 bridgehead atoms. The maximum atomic E-state index is 6.25. The van der Waals surface area contributed by atoms with Crippen molar-refractivity contribution in [1.82, 2.24) is 0 Å². The third-order valence-corrected chi connectivity index (χ3v) is 3.97. The van der Waals surface area contributed by atoms with Crippen LogP contribution < -0.4 is 5.32 Å². The van der Waals surface area contributed by atoms with Crippen LogP contribution in [0.15, 0.2) is 40.9 Å². The molecule has 0 heterocycles. The lowest BCUT2D eigenvalue weighted by Crippen LogP contribution is -2.02. The van der Waals surface area contributed by atoms with Gasteiger partial charge in [-0.2, -0.15) is 0 Å². The Morgan fingerprint density at radius 2 is 1.89 bits per heavy atom. The second-order valence-corrected chi connectivity index (χ2v) is 5.93. The Kier molecular flexibility index (Phi) is 4.89. The topological polar surface area (TPSA) is 12.0 Å². The van der Waals surface area contributed by atoms with Crippen LogP contribution in [0.3, 0.4) is 0 Å². The number of benzene rings is 2. The smallest absolute Gasteiger partial charge is 0.0458 e. The van der Waals surface area contributed by atoms with Gasteiger partial charge in [-0.05, 0) is 54.3 Å². The first-order valence-corrected chi connectivity index (χ1v) is 7.54. The van der Waals surface area contributed by atoms with Crippen LogP contribution in [0.1, 0.15) is 23.6 Å². The fourth-order valence-corrected chi connectivity index (χ4v) is 2.72. The van der Waals surface area contributed by atoms with Crippen molar-refractivity contribution < 1.29 is 0 Å². The summed E-state index contributed by atoms with van der Waals surface area (Å²) in [5.74, 6) is 0. The molecular formula is C16H17BrClN. The van der Waals surface area contributed by atoms with Gasteiger partial charge in [0.2, 0.25) is 0 Å². The first-order valence-electron chi connectivity index (χ1n) is 6.37. The highest BCUT2D eigenvalue weighted by molar-refractivity contribution is 9.10. The van der Waals surface area contributed by atoms with E-state index in [1.165, 1.54) is 16.8 Å². The maximum Gasteiger partial charge on any atom is 0.0458 e. The highest BCUT2D eigenvalue weighted by Crippen LogP contribution is 2.24. The van der Waals surface area contributed by atoms with E-state index in [0.29, 0.717) is 0 Å². The van der Waals surface area contributed by atoms with Crippen molar-refractivity contribution in [3.63, 3.8) is 0 Å². The van der Waals surface area contributed by atoms with Crippen molar-refractivity contribution in [3.05, 3.63) is 62.6 Å². The van der Waals surface area contributed by atoms with Crippen LogP contribution in [0.25, 0.3) is 0 Å². The Hall–Kier alpha value is -0.990. The minimum Gasteiger partial charge on any atom is -0.381 e. The van der Waals surface area contributed by atoms with Crippen molar-refractivity contribution in [2.24, 2.45) is 0 Å². The van der Waals surface area contributed by atoms with E-state index in [0.717, 1.165) is 28.0 Å². The molecule has 2 aromatic rings. The second-order valence-electron chi connectivity index (χ2n) is 4.60. The summed E-state index contributed by atoms with van der Waals surface area (Å²) >= 11 is 9.75. The molecule has 0 spiro atoms. The molecule has 0 aliphatic rings. The van der Waals surface area contributed by atoms with Gasteiger partial charge in [-0.25, -0.2) is 0 Å². The van der Waals surface area contributed by atoms with E-state index in [-0.39, 0.29) is 0 Å². The molecule has 0 aliphatic heterocycles. The third-order valence-electron chi connectivity index (χ3n) is 3.13. The zero-order valence-electron chi connectivity index (χ0n) is 11.1. The molecule has 100 valence electrons. The Morgan fingerprint density at radius 1 is 1.11 bits per heavy atom. The molecule has 2 rings (SSSR count).